The molecule has 0 bridgehead atoms. The Morgan fingerprint density at radius 1 is 1.56 bits per heavy atom. The van der Waals surface area contributed by atoms with E-state index in [2.05, 4.69) is 5.32 Å². The Morgan fingerprint density at radius 3 is 2.56 bits per heavy atom. The van der Waals surface area contributed by atoms with Gasteiger partial charge in [-0.25, -0.2) is 0 Å². The van der Waals surface area contributed by atoms with Gasteiger partial charge in [0.2, 0.25) is 0 Å². The minimum Gasteiger partial charge on any atom is -0.354 e. The molecule has 1 rings (SSSR count). The maximum atomic E-state index is 11.3. The van der Waals surface area contributed by atoms with Crippen LogP contribution in [-0.4, -0.2) is 17.5 Å². The van der Waals surface area contributed by atoms with Gasteiger partial charge in [0.05, 0.1) is 0 Å². The van der Waals surface area contributed by atoms with Crippen molar-refractivity contribution >= 4 is 12.0 Å². The maximum Gasteiger partial charge on any atom is 0.261 e. The maximum absolute atomic E-state index is 11.3. The highest BCUT2D eigenvalue weighted by Crippen LogP contribution is 2.16. The van der Waals surface area contributed by atoms with Crippen molar-refractivity contribution in [3.05, 3.63) is 28.6 Å². The third-order valence-electron chi connectivity index (χ3n) is 2.71. The molecule has 84 valence electrons. The second-order valence-electron chi connectivity index (χ2n) is 3.63. The van der Waals surface area contributed by atoms with E-state index in [1.165, 1.54) is 7.05 Å². The van der Waals surface area contributed by atoms with E-state index >= 15 is 0 Å². The van der Waals surface area contributed by atoms with Gasteiger partial charge in [0.15, 0.2) is 0 Å². The molecule has 4 nitrogen and oxygen atoms in total. The monoisotopic (exact) mass is 217 g/mol. The second kappa shape index (κ2) is 4.67. The number of carbonyl (C=O) groups is 1. The Morgan fingerprint density at radius 2 is 2.19 bits per heavy atom. The van der Waals surface area contributed by atoms with Crippen LogP contribution >= 0.6 is 0 Å². The van der Waals surface area contributed by atoms with Gasteiger partial charge in [0, 0.05) is 25.5 Å². The molecule has 0 atom stereocenters. The number of amides is 1. The number of nitrogens with one attached hydrogen (secondary N) is 1. The first-order valence-electron chi connectivity index (χ1n) is 4.98. The van der Waals surface area contributed by atoms with Crippen LogP contribution in [-0.2, 0) is 11.8 Å². The number of rotatable bonds is 2. The van der Waals surface area contributed by atoms with Gasteiger partial charge in [-0.15, -0.1) is 0 Å². The molecule has 0 aliphatic heterocycles. The molecule has 1 aromatic rings. The summed E-state index contributed by atoms with van der Waals surface area (Å²) in [5.41, 5.74) is 3.16. The molecular weight excluding hydrogens is 202 g/mol. The molecule has 0 fully saturated rings. The summed E-state index contributed by atoms with van der Waals surface area (Å²) < 4.78 is 2.02. The van der Waals surface area contributed by atoms with Gasteiger partial charge in [0.25, 0.3) is 5.91 Å². The number of nitriles is 1. The fraction of sp³-hybridized carbons (Fsp3) is 0.333. The van der Waals surface area contributed by atoms with E-state index in [4.69, 9.17) is 5.26 Å². The number of hydrogen-bond acceptors (Lipinski definition) is 2. The molecule has 1 aromatic heterocycles. The summed E-state index contributed by atoms with van der Waals surface area (Å²) in [5.74, 6) is -0.358. The minimum absolute atomic E-state index is 0.121. The minimum atomic E-state index is -0.358. The Kier molecular flexibility index (Phi) is 3.51. The molecule has 0 spiro atoms. The molecule has 1 N–H and O–H groups in total. The summed E-state index contributed by atoms with van der Waals surface area (Å²) in [5, 5.41) is 11.3. The number of hydrogen-bond donors (Lipinski definition) is 1. The summed E-state index contributed by atoms with van der Waals surface area (Å²) in [7, 11) is 3.46. The van der Waals surface area contributed by atoms with Crippen molar-refractivity contribution in [1.82, 2.24) is 9.88 Å². The average molecular weight is 217 g/mol. The quantitative estimate of drug-likeness (QED) is 0.599. The fourth-order valence-corrected chi connectivity index (χ4v) is 1.47. The van der Waals surface area contributed by atoms with Crippen molar-refractivity contribution in [2.45, 2.75) is 13.8 Å². The Bertz CT molecular complexity index is 489. The number of carbonyl (C=O) groups excluding carboxylic acids is 1. The van der Waals surface area contributed by atoms with Crippen LogP contribution in [0.1, 0.15) is 17.0 Å². The van der Waals surface area contributed by atoms with Crippen LogP contribution in [0.15, 0.2) is 11.6 Å². The Balaban J connectivity index is 3.20. The smallest absolute Gasteiger partial charge is 0.261 e. The van der Waals surface area contributed by atoms with Crippen molar-refractivity contribution in [2.75, 3.05) is 7.05 Å². The lowest BCUT2D eigenvalue weighted by Crippen LogP contribution is -2.19. The molecule has 0 radical (unpaired) electrons. The van der Waals surface area contributed by atoms with Gasteiger partial charge in [0.1, 0.15) is 11.6 Å². The number of nitrogens with zero attached hydrogens (tertiary/aromatic N) is 2. The molecule has 0 unspecified atom stereocenters. The van der Waals surface area contributed by atoms with Crippen LogP contribution < -0.4 is 5.32 Å². The Hall–Kier alpha value is -2.02. The first-order valence-corrected chi connectivity index (χ1v) is 4.98. The number of aromatic nitrogens is 1. The van der Waals surface area contributed by atoms with E-state index in [9.17, 15) is 4.79 Å². The Labute approximate surface area is 95.2 Å². The van der Waals surface area contributed by atoms with E-state index in [1.54, 1.807) is 6.08 Å². The van der Waals surface area contributed by atoms with Crippen LogP contribution in [0.4, 0.5) is 0 Å². The highest BCUT2D eigenvalue weighted by Gasteiger charge is 2.09. The summed E-state index contributed by atoms with van der Waals surface area (Å²) >= 11 is 0. The first-order chi connectivity index (χ1) is 7.51. The summed E-state index contributed by atoms with van der Waals surface area (Å²) in [6.07, 6.45) is 1.61. The molecule has 0 aromatic carbocycles. The molecular formula is C12H15N3O. The summed E-state index contributed by atoms with van der Waals surface area (Å²) in [4.78, 5) is 11.3. The predicted octanol–water partition coefficient (Wildman–Crippen LogP) is 1.29. The van der Waals surface area contributed by atoms with Crippen LogP contribution in [0.3, 0.4) is 0 Å². The van der Waals surface area contributed by atoms with E-state index in [-0.39, 0.29) is 11.5 Å². The molecule has 0 aliphatic carbocycles. The molecule has 1 amide bonds. The lowest BCUT2D eigenvalue weighted by atomic mass is 10.1. The highest BCUT2D eigenvalue weighted by atomic mass is 16.1. The normalized spacial score (nSPS) is 11.1. The second-order valence-corrected chi connectivity index (χ2v) is 3.63. The van der Waals surface area contributed by atoms with Crippen molar-refractivity contribution in [3.63, 3.8) is 0 Å². The first kappa shape index (κ1) is 12.1. The fourth-order valence-electron chi connectivity index (χ4n) is 1.47. The third-order valence-corrected chi connectivity index (χ3v) is 2.71. The zero-order valence-electron chi connectivity index (χ0n) is 9.96. The topological polar surface area (TPSA) is 57.8 Å². The van der Waals surface area contributed by atoms with Crippen LogP contribution in [0, 0.1) is 25.2 Å². The van der Waals surface area contributed by atoms with Gasteiger partial charge in [-0.05, 0) is 31.6 Å². The van der Waals surface area contributed by atoms with Gasteiger partial charge >= 0.3 is 0 Å². The van der Waals surface area contributed by atoms with Crippen molar-refractivity contribution in [3.8, 4) is 6.07 Å². The molecule has 0 saturated carbocycles. The lowest BCUT2D eigenvalue weighted by Gasteiger charge is -2.00. The largest absolute Gasteiger partial charge is 0.354 e. The highest BCUT2D eigenvalue weighted by molar-refractivity contribution is 6.01. The van der Waals surface area contributed by atoms with Gasteiger partial charge < -0.3 is 9.88 Å². The van der Waals surface area contributed by atoms with Crippen molar-refractivity contribution in [1.29, 1.82) is 5.26 Å². The van der Waals surface area contributed by atoms with Gasteiger partial charge in [-0.1, -0.05) is 0 Å². The van der Waals surface area contributed by atoms with Crippen molar-refractivity contribution < 1.29 is 4.79 Å². The zero-order chi connectivity index (χ0) is 12.3. The average Bonchev–Trinajstić information content (AvgIpc) is 2.52. The standard InChI is InChI=1S/C12H15N3O/c1-8-5-10(9(2)15(8)4)6-11(7-13)12(16)14-3/h5-6H,1-4H3,(H,14,16). The number of aryl methyl sites for hydroxylation is 1. The van der Waals surface area contributed by atoms with Gasteiger partial charge in [-0.2, -0.15) is 5.26 Å². The van der Waals surface area contributed by atoms with Gasteiger partial charge in [-0.3, -0.25) is 4.79 Å². The molecule has 16 heavy (non-hydrogen) atoms. The van der Waals surface area contributed by atoms with Crippen LogP contribution in [0.25, 0.3) is 6.08 Å². The van der Waals surface area contributed by atoms with Crippen LogP contribution in [0.2, 0.25) is 0 Å². The van der Waals surface area contributed by atoms with E-state index in [0.717, 1.165) is 17.0 Å². The van der Waals surface area contributed by atoms with E-state index in [0.29, 0.717) is 0 Å². The molecule has 1 heterocycles. The summed E-state index contributed by atoms with van der Waals surface area (Å²) in [6, 6.07) is 3.85. The third kappa shape index (κ3) is 2.14. The molecule has 0 saturated heterocycles. The SMILES string of the molecule is CNC(=O)C(C#N)=Cc1cc(C)n(C)c1C. The van der Waals surface area contributed by atoms with E-state index in [1.807, 2.05) is 37.6 Å². The lowest BCUT2D eigenvalue weighted by molar-refractivity contribution is -0.116. The van der Waals surface area contributed by atoms with E-state index < -0.39 is 0 Å². The predicted molar refractivity (Wildman–Crippen MR) is 62.5 cm³/mol. The summed E-state index contributed by atoms with van der Waals surface area (Å²) in [6.45, 7) is 3.94. The van der Waals surface area contributed by atoms with Crippen LogP contribution in [0.5, 0.6) is 0 Å². The van der Waals surface area contributed by atoms with Crippen molar-refractivity contribution in [2.24, 2.45) is 7.05 Å². The molecule has 0 aliphatic rings. The number of likely N-dealkylation sites (N-methyl/N-ethyl adjacent to an activating group) is 1. The molecule has 4 heteroatoms. The zero-order valence-corrected chi connectivity index (χ0v) is 9.96.